The smallest absolute Gasteiger partial charge is 0.223 e. The Morgan fingerprint density at radius 2 is 1.89 bits per heavy atom. The number of carbonyl (C=O) groups excluding carboxylic acids is 1. The molecule has 0 saturated heterocycles. The summed E-state index contributed by atoms with van der Waals surface area (Å²) in [6.07, 6.45) is 3.65. The van der Waals surface area contributed by atoms with Gasteiger partial charge in [-0.05, 0) is 60.8 Å². The van der Waals surface area contributed by atoms with E-state index in [1.54, 1.807) is 20.8 Å². The Morgan fingerprint density at radius 1 is 1.22 bits per heavy atom. The average molecular weight is 403 g/mol. The van der Waals surface area contributed by atoms with Crippen molar-refractivity contribution in [2.45, 2.75) is 84.1 Å². The third-order valence-electron chi connectivity index (χ3n) is 4.72. The fraction of sp³-hybridized carbons (Fsp3) is 0.895. The van der Waals surface area contributed by atoms with E-state index < -0.39 is 14.6 Å². The van der Waals surface area contributed by atoms with Crippen molar-refractivity contribution in [1.29, 1.82) is 0 Å². The molecule has 1 amide bonds. The fourth-order valence-electron chi connectivity index (χ4n) is 3.06. The Bertz CT molecular complexity index is 609. The van der Waals surface area contributed by atoms with E-state index in [4.69, 9.17) is 0 Å². The third-order valence-corrected chi connectivity index (χ3v) is 7.31. The summed E-state index contributed by atoms with van der Waals surface area (Å²) in [6.45, 7) is 12.0. The summed E-state index contributed by atoms with van der Waals surface area (Å²) in [6, 6.07) is 0.313. The van der Waals surface area contributed by atoms with Gasteiger partial charge in [-0.3, -0.25) is 9.79 Å². The van der Waals surface area contributed by atoms with E-state index in [0.29, 0.717) is 12.5 Å². The van der Waals surface area contributed by atoms with Crippen LogP contribution in [-0.2, 0) is 14.6 Å². The van der Waals surface area contributed by atoms with Gasteiger partial charge in [-0.25, -0.2) is 8.42 Å². The molecular weight excluding hydrogens is 364 g/mol. The summed E-state index contributed by atoms with van der Waals surface area (Å²) in [5.41, 5.74) is 0. The van der Waals surface area contributed by atoms with Crippen molar-refractivity contribution in [3.8, 4) is 0 Å². The van der Waals surface area contributed by atoms with Crippen LogP contribution in [0.1, 0.15) is 67.2 Å². The third kappa shape index (κ3) is 8.07. The molecule has 1 rings (SSSR count). The molecule has 27 heavy (non-hydrogen) atoms. The van der Waals surface area contributed by atoms with Crippen molar-refractivity contribution in [3.05, 3.63) is 0 Å². The quantitative estimate of drug-likeness (QED) is 0.446. The zero-order chi connectivity index (χ0) is 20.7. The van der Waals surface area contributed by atoms with Crippen LogP contribution in [0.3, 0.4) is 0 Å². The summed E-state index contributed by atoms with van der Waals surface area (Å²) < 4.78 is 23.7. The topological polar surface area (TPSA) is 99.7 Å². The Balaban J connectivity index is 2.66. The molecule has 7 nitrogen and oxygen atoms in total. The summed E-state index contributed by atoms with van der Waals surface area (Å²) in [7, 11) is -3.19. The van der Waals surface area contributed by atoms with Crippen LogP contribution in [-0.4, -0.2) is 56.0 Å². The minimum Gasteiger partial charge on any atom is -0.357 e. The minimum absolute atomic E-state index is 0.0165. The van der Waals surface area contributed by atoms with Crippen molar-refractivity contribution >= 4 is 21.7 Å². The van der Waals surface area contributed by atoms with Crippen LogP contribution >= 0.6 is 0 Å². The molecule has 1 aliphatic rings. The highest BCUT2D eigenvalue weighted by Gasteiger charge is 2.29. The molecule has 0 bridgehead atoms. The summed E-state index contributed by atoms with van der Waals surface area (Å²) in [4.78, 5) is 16.7. The molecule has 1 saturated carbocycles. The second-order valence-corrected chi connectivity index (χ2v) is 11.4. The number of aliphatic imine (C=N–C) groups is 1. The molecule has 1 fully saturated rings. The van der Waals surface area contributed by atoms with E-state index >= 15 is 0 Å². The van der Waals surface area contributed by atoms with Gasteiger partial charge in [-0.15, -0.1) is 0 Å². The fourth-order valence-corrected chi connectivity index (χ4v) is 4.00. The number of hydrogen-bond donors (Lipinski definition) is 3. The van der Waals surface area contributed by atoms with Gasteiger partial charge in [0.1, 0.15) is 0 Å². The molecular formula is C19H38N4O3S. The monoisotopic (exact) mass is 402 g/mol. The predicted molar refractivity (Wildman–Crippen MR) is 112 cm³/mol. The summed E-state index contributed by atoms with van der Waals surface area (Å²) in [5, 5.41) is 9.56. The van der Waals surface area contributed by atoms with Crippen molar-refractivity contribution in [1.82, 2.24) is 16.0 Å². The van der Waals surface area contributed by atoms with E-state index in [9.17, 15) is 13.2 Å². The van der Waals surface area contributed by atoms with Gasteiger partial charge in [0, 0.05) is 24.5 Å². The Hall–Kier alpha value is -1.31. The lowest BCUT2D eigenvalue weighted by atomic mass is 9.85. The maximum atomic E-state index is 12.3. The first-order chi connectivity index (χ1) is 12.5. The van der Waals surface area contributed by atoms with E-state index in [2.05, 4.69) is 20.9 Å². The average Bonchev–Trinajstić information content (AvgIpc) is 2.53. The van der Waals surface area contributed by atoms with Gasteiger partial charge in [-0.2, -0.15) is 0 Å². The van der Waals surface area contributed by atoms with Gasteiger partial charge in [-0.1, -0.05) is 6.42 Å². The second kappa shape index (κ2) is 10.3. The van der Waals surface area contributed by atoms with Crippen LogP contribution in [0.2, 0.25) is 0 Å². The first-order valence-electron chi connectivity index (χ1n) is 10.0. The number of guanidine groups is 1. The zero-order valence-electron chi connectivity index (χ0n) is 17.8. The van der Waals surface area contributed by atoms with Crippen molar-refractivity contribution < 1.29 is 13.2 Å². The second-order valence-electron chi connectivity index (χ2n) is 8.56. The number of carbonyl (C=O) groups is 1. The van der Waals surface area contributed by atoms with Crippen molar-refractivity contribution in [2.24, 2.45) is 10.9 Å². The van der Waals surface area contributed by atoms with Gasteiger partial charge in [0.25, 0.3) is 0 Å². The molecule has 0 aromatic heterocycles. The Kier molecular flexibility index (Phi) is 9.05. The van der Waals surface area contributed by atoms with Gasteiger partial charge in [0.2, 0.25) is 5.91 Å². The lowest BCUT2D eigenvalue weighted by Gasteiger charge is -2.30. The Morgan fingerprint density at radius 3 is 2.44 bits per heavy atom. The molecule has 158 valence electrons. The van der Waals surface area contributed by atoms with Crippen molar-refractivity contribution in [3.63, 3.8) is 0 Å². The van der Waals surface area contributed by atoms with Crippen LogP contribution in [0, 0.1) is 5.92 Å². The lowest BCUT2D eigenvalue weighted by molar-refractivity contribution is -0.126. The molecule has 0 aromatic rings. The van der Waals surface area contributed by atoms with Crippen LogP contribution in [0.15, 0.2) is 4.99 Å². The molecule has 0 heterocycles. The van der Waals surface area contributed by atoms with E-state index in [1.807, 2.05) is 20.8 Å². The van der Waals surface area contributed by atoms with E-state index in [-0.39, 0.29) is 36.2 Å². The number of sulfone groups is 1. The molecule has 0 aromatic carbocycles. The zero-order valence-corrected chi connectivity index (χ0v) is 18.6. The van der Waals surface area contributed by atoms with Gasteiger partial charge < -0.3 is 16.0 Å². The normalized spacial score (nSPS) is 21.8. The molecule has 2 unspecified atom stereocenters. The Labute approximate surface area is 165 Å². The molecule has 3 N–H and O–H groups in total. The molecule has 0 radical (unpaired) electrons. The summed E-state index contributed by atoms with van der Waals surface area (Å²) in [5.74, 6) is 0.783. The first-order valence-corrected chi connectivity index (χ1v) is 11.7. The molecule has 0 spiro atoms. The molecule has 0 aliphatic heterocycles. The molecule has 2 atom stereocenters. The van der Waals surface area contributed by atoms with Gasteiger partial charge in [0.05, 0.1) is 17.0 Å². The predicted octanol–water partition coefficient (Wildman–Crippen LogP) is 1.84. The van der Waals surface area contributed by atoms with Crippen LogP contribution < -0.4 is 16.0 Å². The summed E-state index contributed by atoms with van der Waals surface area (Å²) >= 11 is 0. The lowest BCUT2D eigenvalue weighted by Crippen LogP contribution is -2.47. The van der Waals surface area contributed by atoms with E-state index in [1.165, 1.54) is 0 Å². The van der Waals surface area contributed by atoms with Gasteiger partial charge in [0.15, 0.2) is 15.8 Å². The number of rotatable bonds is 7. The standard InChI is InChI=1S/C19H38N4O3S/c1-7-20-18(21-11-12-27(25,26)19(4,5)6)23-16-10-8-9-15(13-16)17(24)22-14(2)3/h14-16H,7-13H2,1-6H3,(H,22,24)(H2,20,21,23). The number of nitrogens with one attached hydrogen (secondary N) is 3. The highest BCUT2D eigenvalue weighted by Crippen LogP contribution is 2.24. The SMILES string of the molecule is CCNC(=NCCS(=O)(=O)C(C)(C)C)NC1CCCC(C(=O)NC(C)C)C1. The maximum absolute atomic E-state index is 12.3. The largest absolute Gasteiger partial charge is 0.357 e. The van der Waals surface area contributed by atoms with Gasteiger partial charge >= 0.3 is 0 Å². The molecule has 1 aliphatic carbocycles. The maximum Gasteiger partial charge on any atom is 0.223 e. The number of amides is 1. The van der Waals surface area contributed by atoms with Crippen LogP contribution in [0.25, 0.3) is 0 Å². The van der Waals surface area contributed by atoms with E-state index in [0.717, 1.165) is 25.7 Å². The highest BCUT2D eigenvalue weighted by atomic mass is 32.2. The number of hydrogen-bond acceptors (Lipinski definition) is 4. The number of nitrogens with zero attached hydrogens (tertiary/aromatic N) is 1. The minimum atomic E-state index is -3.19. The van der Waals surface area contributed by atoms with Crippen molar-refractivity contribution in [2.75, 3.05) is 18.8 Å². The van der Waals surface area contributed by atoms with Crippen LogP contribution in [0.5, 0.6) is 0 Å². The van der Waals surface area contributed by atoms with Crippen LogP contribution in [0.4, 0.5) is 0 Å². The molecule has 8 heteroatoms. The highest BCUT2D eigenvalue weighted by molar-refractivity contribution is 7.92. The first kappa shape index (κ1) is 23.7.